The molecule has 0 amide bonds. The fraction of sp³-hybridized carbons (Fsp3) is 0.938. The largest absolute Gasteiger partial charge is 0.500 e. The number of rotatable bonds is 16. The quantitative estimate of drug-likeness (QED) is 0.115. The Labute approximate surface area is 170 Å². The number of hydrogen-bond donors (Lipinski definition) is 0. The molecule has 0 aromatic carbocycles. The molecular weight excluding hydrogens is 406 g/mol. The first-order valence-corrected chi connectivity index (χ1v) is 12.9. The maximum atomic E-state index is 9.76. The van der Waals surface area contributed by atoms with E-state index >= 15 is 0 Å². The summed E-state index contributed by atoms with van der Waals surface area (Å²) in [6.45, 7) is 2.67. The Hall–Kier alpha value is -0.506. The van der Waals surface area contributed by atoms with Gasteiger partial charge < -0.3 is 36.0 Å². The summed E-state index contributed by atoms with van der Waals surface area (Å²) >= 11 is 0. The molecule has 0 aliphatic carbocycles. The van der Waals surface area contributed by atoms with Gasteiger partial charge in [0.25, 0.3) is 0 Å². The first kappa shape index (κ1) is 27.5. The van der Waals surface area contributed by atoms with Gasteiger partial charge in [-0.1, -0.05) is 0 Å². The van der Waals surface area contributed by atoms with Gasteiger partial charge in [0, 0.05) is 61.4 Å². The topological polar surface area (TPSA) is 107 Å². The molecule has 0 N–H and O–H groups in total. The number of carbonyl (C=O) groups excluding carboxylic acids is 1. The van der Waals surface area contributed by atoms with Crippen LogP contribution in [-0.4, -0.2) is 98.8 Å². The molecule has 0 spiro atoms. The average molecular weight is 442 g/mol. The lowest BCUT2D eigenvalue weighted by Crippen LogP contribution is -2.42. The molecule has 0 aromatic rings. The Morgan fingerprint density at radius 2 is 1.36 bits per heavy atom. The molecule has 0 aromatic heterocycles. The molecule has 12 heteroatoms. The van der Waals surface area contributed by atoms with Crippen LogP contribution >= 0.6 is 0 Å². The van der Waals surface area contributed by atoms with Gasteiger partial charge in [-0.05, 0) is 12.8 Å². The molecular formula is C16H35NO9Si2. The highest BCUT2D eigenvalue weighted by atomic mass is 28.4. The zero-order valence-corrected chi connectivity index (χ0v) is 19.9. The van der Waals surface area contributed by atoms with Crippen molar-refractivity contribution in [2.75, 3.05) is 69.0 Å². The molecule has 166 valence electrons. The van der Waals surface area contributed by atoms with Crippen LogP contribution in [0.25, 0.3) is 0 Å². The van der Waals surface area contributed by atoms with Crippen molar-refractivity contribution in [3.63, 3.8) is 0 Å². The minimum absolute atomic E-state index is 0.333. The van der Waals surface area contributed by atoms with Gasteiger partial charge in [-0.15, -0.1) is 0 Å². The highest BCUT2D eigenvalue weighted by molar-refractivity contribution is 6.60. The summed E-state index contributed by atoms with van der Waals surface area (Å²) in [4.78, 5) is 13.2. The van der Waals surface area contributed by atoms with E-state index in [2.05, 4.69) is 4.99 Å². The summed E-state index contributed by atoms with van der Waals surface area (Å²) in [5.41, 5.74) is 0. The molecule has 1 fully saturated rings. The zero-order chi connectivity index (χ0) is 21.3. The van der Waals surface area contributed by atoms with Crippen LogP contribution in [0.3, 0.4) is 0 Å². The van der Waals surface area contributed by atoms with Gasteiger partial charge in [-0.2, -0.15) is 0 Å². The highest BCUT2D eigenvalue weighted by Crippen LogP contribution is 2.16. The van der Waals surface area contributed by atoms with E-state index in [0.29, 0.717) is 38.3 Å². The van der Waals surface area contributed by atoms with E-state index in [-0.39, 0.29) is 0 Å². The fourth-order valence-electron chi connectivity index (χ4n) is 2.30. The Morgan fingerprint density at radius 3 is 1.75 bits per heavy atom. The number of isocyanates is 1. The van der Waals surface area contributed by atoms with Crippen LogP contribution in [0.15, 0.2) is 4.99 Å². The Morgan fingerprint density at radius 1 is 0.893 bits per heavy atom. The van der Waals surface area contributed by atoms with Gasteiger partial charge in [-0.3, -0.25) is 0 Å². The first-order valence-electron chi connectivity index (χ1n) is 9.04. The molecule has 1 unspecified atom stereocenters. The molecule has 1 rings (SSSR count). The smallest absolute Gasteiger partial charge is 0.379 e. The van der Waals surface area contributed by atoms with E-state index in [1.165, 1.54) is 6.08 Å². The summed E-state index contributed by atoms with van der Waals surface area (Å²) in [5, 5.41) is 0. The number of nitrogens with zero attached hydrogens (tertiary/aromatic N) is 1. The Kier molecular flexibility index (Phi) is 16.0. The van der Waals surface area contributed by atoms with Crippen LogP contribution < -0.4 is 0 Å². The summed E-state index contributed by atoms with van der Waals surface area (Å²) in [6.07, 6.45) is 3.40. The van der Waals surface area contributed by atoms with E-state index in [4.69, 9.17) is 36.0 Å². The third kappa shape index (κ3) is 11.5. The minimum Gasteiger partial charge on any atom is -0.379 e. The predicted molar refractivity (Wildman–Crippen MR) is 106 cm³/mol. The van der Waals surface area contributed by atoms with Crippen molar-refractivity contribution >= 4 is 23.7 Å². The summed E-state index contributed by atoms with van der Waals surface area (Å²) in [5.74, 6) is 0. The van der Waals surface area contributed by atoms with Crippen LogP contribution in [0.4, 0.5) is 0 Å². The molecule has 1 atom stereocenters. The highest BCUT2D eigenvalue weighted by Gasteiger charge is 2.37. The second kappa shape index (κ2) is 16.3. The molecule has 1 aliphatic heterocycles. The molecule has 0 radical (unpaired) electrons. The SMILES string of the molecule is CO[Si](CCCN=C=O)(OC)OC.CO[Si](CCCOCC1CO1)(OC)OC. The van der Waals surface area contributed by atoms with Crippen LogP contribution in [0.1, 0.15) is 12.8 Å². The average Bonchev–Trinajstić information content (AvgIpc) is 3.57. The second-order valence-corrected chi connectivity index (χ2v) is 12.0. The lowest BCUT2D eigenvalue weighted by molar-refractivity contribution is 0.100. The van der Waals surface area contributed by atoms with Gasteiger partial charge in [0.2, 0.25) is 6.08 Å². The second-order valence-electron chi connectivity index (χ2n) is 5.80. The molecule has 1 aliphatic rings. The van der Waals surface area contributed by atoms with Crippen LogP contribution in [0.5, 0.6) is 0 Å². The number of aliphatic imine (C=N–C) groups is 1. The number of epoxide rings is 1. The third-order valence-corrected chi connectivity index (χ3v) is 9.83. The maximum absolute atomic E-state index is 9.76. The van der Waals surface area contributed by atoms with Gasteiger partial charge in [-0.25, -0.2) is 9.79 Å². The lowest BCUT2D eigenvalue weighted by atomic mass is 10.5. The van der Waals surface area contributed by atoms with Crippen molar-refractivity contribution in [2.24, 2.45) is 4.99 Å². The summed E-state index contributed by atoms with van der Waals surface area (Å²) in [6, 6.07) is 1.43. The van der Waals surface area contributed by atoms with Crippen LogP contribution in [0, 0.1) is 0 Å². The number of ether oxygens (including phenoxy) is 2. The molecule has 1 heterocycles. The first-order chi connectivity index (χ1) is 13.5. The Balaban J connectivity index is 0.000000528. The van der Waals surface area contributed by atoms with Gasteiger partial charge >= 0.3 is 17.6 Å². The van der Waals surface area contributed by atoms with Gasteiger partial charge in [0.15, 0.2) is 0 Å². The molecule has 10 nitrogen and oxygen atoms in total. The predicted octanol–water partition coefficient (Wildman–Crippen LogP) is 1.26. The van der Waals surface area contributed by atoms with Crippen molar-refractivity contribution in [2.45, 2.75) is 31.0 Å². The van der Waals surface area contributed by atoms with E-state index in [1.807, 2.05) is 0 Å². The third-order valence-electron chi connectivity index (χ3n) is 4.16. The van der Waals surface area contributed by atoms with Crippen molar-refractivity contribution < 1.29 is 40.8 Å². The fourth-order valence-corrected chi connectivity index (χ4v) is 5.70. The van der Waals surface area contributed by atoms with Gasteiger partial charge in [0.1, 0.15) is 6.10 Å². The van der Waals surface area contributed by atoms with Gasteiger partial charge in [0.05, 0.1) is 19.8 Å². The van der Waals surface area contributed by atoms with Crippen LogP contribution in [-0.2, 0) is 40.8 Å². The maximum Gasteiger partial charge on any atom is 0.500 e. The lowest BCUT2D eigenvalue weighted by Gasteiger charge is -2.24. The van der Waals surface area contributed by atoms with E-state index in [1.54, 1.807) is 42.7 Å². The Bertz CT molecular complexity index is 410. The molecule has 0 saturated carbocycles. The monoisotopic (exact) mass is 441 g/mol. The van der Waals surface area contributed by atoms with E-state index in [9.17, 15) is 4.79 Å². The zero-order valence-electron chi connectivity index (χ0n) is 17.9. The summed E-state index contributed by atoms with van der Waals surface area (Å²) < 4.78 is 41.8. The number of hydrogen-bond acceptors (Lipinski definition) is 10. The minimum atomic E-state index is -2.46. The normalized spacial score (nSPS) is 16.1. The summed E-state index contributed by atoms with van der Waals surface area (Å²) in [7, 11) is 4.70. The standard InChI is InChI=1S/C9H20O5Si.C7H15NO4Si/c1-10-15(11-2,12-3)6-4-5-13-7-9-8-14-9;1-10-13(11-2,12-3)6-4-5-8-7-9/h9H,4-8H2,1-3H3;4-6H2,1-3H3. The van der Waals surface area contributed by atoms with Crippen molar-refractivity contribution in [1.29, 1.82) is 0 Å². The van der Waals surface area contributed by atoms with E-state index in [0.717, 1.165) is 19.1 Å². The molecule has 0 bridgehead atoms. The van der Waals surface area contributed by atoms with E-state index < -0.39 is 17.6 Å². The van der Waals surface area contributed by atoms with Crippen molar-refractivity contribution in [3.8, 4) is 0 Å². The van der Waals surface area contributed by atoms with Crippen molar-refractivity contribution in [3.05, 3.63) is 0 Å². The molecule has 1 saturated heterocycles. The van der Waals surface area contributed by atoms with Crippen LogP contribution in [0.2, 0.25) is 12.1 Å². The van der Waals surface area contributed by atoms with Crippen molar-refractivity contribution in [1.82, 2.24) is 0 Å². The molecule has 28 heavy (non-hydrogen) atoms.